The van der Waals surface area contributed by atoms with E-state index < -0.39 is 10.0 Å². The Bertz CT molecular complexity index is 1380. The van der Waals surface area contributed by atoms with Crippen LogP contribution in [0.15, 0.2) is 107 Å². The maximum atomic E-state index is 13.5. The number of para-hydroxylation sites is 1. The predicted molar refractivity (Wildman–Crippen MR) is 145 cm³/mol. The molecular weight excluding hydrogens is 490 g/mol. The summed E-state index contributed by atoms with van der Waals surface area (Å²) in [6.07, 6.45) is 0. The summed E-state index contributed by atoms with van der Waals surface area (Å²) in [6, 6.07) is 30.0. The van der Waals surface area contributed by atoms with Crippen molar-refractivity contribution in [2.45, 2.75) is 10.8 Å². The lowest BCUT2D eigenvalue weighted by Gasteiger charge is -2.36. The average Bonchev–Trinajstić information content (AvgIpc) is 3.49. The minimum absolute atomic E-state index is 0.0371. The van der Waals surface area contributed by atoms with Gasteiger partial charge in [-0.2, -0.15) is 0 Å². The van der Waals surface area contributed by atoms with E-state index in [2.05, 4.69) is 17.0 Å². The van der Waals surface area contributed by atoms with E-state index in [-0.39, 0.29) is 16.7 Å². The lowest BCUT2D eigenvalue weighted by Crippen LogP contribution is -2.48. The normalized spacial score (nSPS) is 14.0. The van der Waals surface area contributed by atoms with Crippen molar-refractivity contribution in [2.24, 2.45) is 0 Å². The maximum absolute atomic E-state index is 13.5. The Balaban J connectivity index is 1.33. The molecule has 36 heavy (non-hydrogen) atoms. The Morgan fingerprint density at radius 3 is 2.03 bits per heavy atom. The average molecular weight is 518 g/mol. The largest absolute Gasteiger partial charge is 0.368 e. The third-order valence-corrected chi connectivity index (χ3v) is 9.45. The minimum Gasteiger partial charge on any atom is -0.368 e. The monoisotopic (exact) mass is 517 g/mol. The third-order valence-electron chi connectivity index (χ3n) is 6.30. The molecule has 0 atom stereocenters. The van der Waals surface area contributed by atoms with E-state index in [1.54, 1.807) is 41.8 Å². The Hall–Kier alpha value is -3.62. The first-order valence-electron chi connectivity index (χ1n) is 11.8. The van der Waals surface area contributed by atoms with E-state index in [1.807, 2.05) is 53.4 Å². The summed E-state index contributed by atoms with van der Waals surface area (Å²) >= 11 is 1.19. The number of hydrogen-bond donors (Lipinski definition) is 0. The highest BCUT2D eigenvalue weighted by molar-refractivity contribution is 7.94. The van der Waals surface area contributed by atoms with Gasteiger partial charge in [0.25, 0.3) is 15.9 Å². The number of sulfonamides is 1. The second-order valence-electron chi connectivity index (χ2n) is 8.59. The Labute approximate surface area is 216 Å². The van der Waals surface area contributed by atoms with Crippen molar-refractivity contribution in [1.29, 1.82) is 0 Å². The second-order valence-corrected chi connectivity index (χ2v) is 11.6. The number of anilines is 2. The summed E-state index contributed by atoms with van der Waals surface area (Å²) in [5.41, 5.74) is 3.13. The van der Waals surface area contributed by atoms with Crippen LogP contribution in [0.5, 0.6) is 0 Å². The van der Waals surface area contributed by atoms with Crippen molar-refractivity contribution >= 4 is 38.6 Å². The second kappa shape index (κ2) is 10.6. The van der Waals surface area contributed by atoms with Gasteiger partial charge in [0.05, 0.1) is 12.2 Å². The molecule has 2 heterocycles. The van der Waals surface area contributed by atoms with Crippen LogP contribution in [0.4, 0.5) is 11.4 Å². The molecule has 1 aliphatic rings. The van der Waals surface area contributed by atoms with Crippen molar-refractivity contribution in [1.82, 2.24) is 4.90 Å². The van der Waals surface area contributed by atoms with Crippen LogP contribution in [0.3, 0.4) is 0 Å². The molecule has 1 amide bonds. The summed E-state index contributed by atoms with van der Waals surface area (Å²) in [4.78, 5) is 17.3. The molecule has 0 saturated carbocycles. The molecule has 0 spiro atoms. The number of rotatable bonds is 7. The van der Waals surface area contributed by atoms with Gasteiger partial charge in [-0.1, -0.05) is 54.6 Å². The SMILES string of the molecule is O=C(c1ccc(N(Cc2ccccc2)S(=O)(=O)c2cccs2)cc1)N1CCN(c2ccccc2)CC1. The molecule has 0 radical (unpaired) electrons. The van der Waals surface area contributed by atoms with Crippen molar-refractivity contribution in [3.63, 3.8) is 0 Å². The number of carbonyl (C=O) groups is 1. The number of amides is 1. The van der Waals surface area contributed by atoms with Crippen LogP contribution in [0, 0.1) is 0 Å². The number of thiophene rings is 1. The van der Waals surface area contributed by atoms with E-state index in [4.69, 9.17) is 0 Å². The Kier molecular flexibility index (Phi) is 7.06. The topological polar surface area (TPSA) is 60.9 Å². The first-order chi connectivity index (χ1) is 17.5. The highest BCUT2D eigenvalue weighted by atomic mass is 32.2. The molecule has 1 aromatic heterocycles. The third kappa shape index (κ3) is 5.15. The van der Waals surface area contributed by atoms with E-state index in [0.29, 0.717) is 24.3 Å². The highest BCUT2D eigenvalue weighted by Gasteiger charge is 2.27. The fourth-order valence-electron chi connectivity index (χ4n) is 4.34. The van der Waals surface area contributed by atoms with Crippen molar-refractivity contribution in [3.8, 4) is 0 Å². The summed E-state index contributed by atoms with van der Waals surface area (Å²) in [5, 5.41) is 1.76. The number of benzene rings is 3. The lowest BCUT2D eigenvalue weighted by atomic mass is 10.1. The number of nitrogens with zero attached hydrogens (tertiary/aromatic N) is 3. The van der Waals surface area contributed by atoms with Crippen LogP contribution in [0.25, 0.3) is 0 Å². The lowest BCUT2D eigenvalue weighted by molar-refractivity contribution is 0.0747. The molecule has 184 valence electrons. The van der Waals surface area contributed by atoms with Crippen LogP contribution in [-0.2, 0) is 16.6 Å². The van der Waals surface area contributed by atoms with Crippen molar-refractivity contribution in [2.75, 3.05) is 35.4 Å². The van der Waals surface area contributed by atoms with Gasteiger partial charge in [-0.3, -0.25) is 9.10 Å². The summed E-state index contributed by atoms with van der Waals surface area (Å²) in [6.45, 7) is 3.04. The van der Waals surface area contributed by atoms with Gasteiger partial charge in [0.2, 0.25) is 0 Å². The molecule has 0 bridgehead atoms. The Morgan fingerprint density at radius 2 is 1.42 bits per heavy atom. The van der Waals surface area contributed by atoms with Crippen molar-refractivity contribution in [3.05, 3.63) is 114 Å². The Morgan fingerprint density at radius 1 is 0.778 bits per heavy atom. The molecule has 6 nitrogen and oxygen atoms in total. The molecule has 0 unspecified atom stereocenters. The minimum atomic E-state index is -3.74. The zero-order valence-corrected chi connectivity index (χ0v) is 21.4. The van der Waals surface area contributed by atoms with Gasteiger partial charge < -0.3 is 9.80 Å². The summed E-state index contributed by atoms with van der Waals surface area (Å²) in [5.74, 6) is -0.0371. The molecule has 1 saturated heterocycles. The number of carbonyl (C=O) groups excluding carboxylic acids is 1. The number of hydrogen-bond acceptors (Lipinski definition) is 5. The molecule has 3 aromatic carbocycles. The molecule has 8 heteroatoms. The highest BCUT2D eigenvalue weighted by Crippen LogP contribution is 2.29. The molecule has 4 aromatic rings. The zero-order chi connectivity index (χ0) is 25.0. The van der Waals surface area contributed by atoms with Gasteiger partial charge in [0.15, 0.2) is 0 Å². The van der Waals surface area contributed by atoms with Gasteiger partial charge in [-0.25, -0.2) is 8.42 Å². The van der Waals surface area contributed by atoms with Gasteiger partial charge in [-0.15, -0.1) is 11.3 Å². The fourth-order valence-corrected chi connectivity index (χ4v) is 6.90. The van der Waals surface area contributed by atoms with Crippen LogP contribution in [0.1, 0.15) is 15.9 Å². The molecule has 1 fully saturated rings. The van der Waals surface area contributed by atoms with Gasteiger partial charge >= 0.3 is 0 Å². The first kappa shape index (κ1) is 24.1. The zero-order valence-electron chi connectivity index (χ0n) is 19.7. The van der Waals surface area contributed by atoms with Crippen LogP contribution < -0.4 is 9.21 Å². The quantitative estimate of drug-likeness (QED) is 0.342. The summed E-state index contributed by atoms with van der Waals surface area (Å²) < 4.78 is 28.6. The molecular formula is C28H27N3O3S2. The van der Waals surface area contributed by atoms with Crippen LogP contribution in [0.2, 0.25) is 0 Å². The molecule has 5 rings (SSSR count). The van der Waals surface area contributed by atoms with Crippen LogP contribution >= 0.6 is 11.3 Å². The molecule has 0 aliphatic carbocycles. The van der Waals surface area contributed by atoms with Crippen molar-refractivity contribution < 1.29 is 13.2 Å². The summed E-state index contributed by atoms with van der Waals surface area (Å²) in [7, 11) is -3.74. The van der Waals surface area contributed by atoms with E-state index in [9.17, 15) is 13.2 Å². The van der Waals surface area contributed by atoms with Gasteiger partial charge in [-0.05, 0) is 53.4 Å². The van der Waals surface area contributed by atoms with E-state index in [1.165, 1.54) is 21.3 Å². The smallest absolute Gasteiger partial charge is 0.274 e. The maximum Gasteiger partial charge on any atom is 0.274 e. The fraction of sp³-hybridized carbons (Fsp3) is 0.179. The van der Waals surface area contributed by atoms with Crippen LogP contribution in [-0.4, -0.2) is 45.4 Å². The van der Waals surface area contributed by atoms with E-state index >= 15 is 0 Å². The standard InChI is InChI=1S/C28H27N3O3S2/c32-28(30-19-17-29(18-20-30)25-10-5-2-6-11-25)24-13-15-26(16-14-24)31(22-23-8-3-1-4-9-23)36(33,34)27-12-7-21-35-27/h1-16,21H,17-20,22H2. The molecule has 0 N–H and O–H groups in total. The predicted octanol–water partition coefficient (Wildman–Crippen LogP) is 5.11. The first-order valence-corrected chi connectivity index (χ1v) is 14.1. The number of piperazine rings is 1. The van der Waals surface area contributed by atoms with E-state index in [0.717, 1.165) is 18.7 Å². The van der Waals surface area contributed by atoms with Gasteiger partial charge in [0.1, 0.15) is 4.21 Å². The molecule has 1 aliphatic heterocycles. The van der Waals surface area contributed by atoms with Gasteiger partial charge in [0, 0.05) is 37.4 Å².